The van der Waals surface area contributed by atoms with Gasteiger partial charge in [0.2, 0.25) is 0 Å². The molecule has 2 aromatic heterocycles. The third kappa shape index (κ3) is 4.19. The average molecular weight is 331 g/mol. The SMILES string of the molecule is CCNC(=NCc1cn2c(C)cccc2n1)NCC1CCCS1. The Labute approximate surface area is 142 Å². The van der Waals surface area contributed by atoms with Crippen LogP contribution in [0.4, 0.5) is 0 Å². The average Bonchev–Trinajstić information content (AvgIpc) is 3.20. The van der Waals surface area contributed by atoms with E-state index in [2.05, 4.69) is 62.9 Å². The largest absolute Gasteiger partial charge is 0.357 e. The van der Waals surface area contributed by atoms with E-state index in [1.54, 1.807) is 0 Å². The van der Waals surface area contributed by atoms with E-state index in [-0.39, 0.29) is 0 Å². The summed E-state index contributed by atoms with van der Waals surface area (Å²) < 4.78 is 2.11. The van der Waals surface area contributed by atoms with Crippen LogP contribution in [-0.2, 0) is 6.54 Å². The fraction of sp³-hybridized carbons (Fsp3) is 0.529. The number of aliphatic imine (C=N–C) groups is 1. The van der Waals surface area contributed by atoms with Gasteiger partial charge in [-0.15, -0.1) is 0 Å². The van der Waals surface area contributed by atoms with E-state index in [0.29, 0.717) is 6.54 Å². The molecule has 5 nitrogen and oxygen atoms in total. The maximum atomic E-state index is 4.68. The van der Waals surface area contributed by atoms with Gasteiger partial charge in [0, 0.05) is 30.2 Å². The molecule has 0 spiro atoms. The fourth-order valence-corrected chi connectivity index (χ4v) is 3.99. The van der Waals surface area contributed by atoms with Gasteiger partial charge in [-0.3, -0.25) is 0 Å². The lowest BCUT2D eigenvalue weighted by atomic mass is 10.2. The molecule has 0 saturated carbocycles. The summed E-state index contributed by atoms with van der Waals surface area (Å²) in [5.74, 6) is 2.18. The molecular weight excluding hydrogens is 306 g/mol. The van der Waals surface area contributed by atoms with Gasteiger partial charge < -0.3 is 15.0 Å². The predicted molar refractivity (Wildman–Crippen MR) is 98.2 cm³/mol. The summed E-state index contributed by atoms with van der Waals surface area (Å²) in [6.07, 6.45) is 4.72. The van der Waals surface area contributed by atoms with Crippen LogP contribution in [0.5, 0.6) is 0 Å². The standard InChI is InChI=1S/C17H25N5S/c1-3-18-17(20-11-15-7-5-9-23-15)19-10-14-12-22-13(2)6-4-8-16(22)21-14/h4,6,8,12,15H,3,5,7,9-11H2,1-2H3,(H2,18,19,20). The maximum absolute atomic E-state index is 4.68. The first-order chi connectivity index (χ1) is 11.3. The molecule has 124 valence electrons. The number of imidazole rings is 1. The number of guanidine groups is 1. The van der Waals surface area contributed by atoms with Crippen LogP contribution in [-0.4, -0.2) is 39.4 Å². The van der Waals surface area contributed by atoms with Crippen LogP contribution in [0, 0.1) is 6.92 Å². The molecule has 0 radical (unpaired) electrons. The van der Waals surface area contributed by atoms with Crippen LogP contribution in [0.1, 0.15) is 31.2 Å². The number of aromatic nitrogens is 2. The van der Waals surface area contributed by atoms with Crippen LogP contribution >= 0.6 is 11.8 Å². The van der Waals surface area contributed by atoms with Gasteiger partial charge in [0.15, 0.2) is 5.96 Å². The molecule has 0 bridgehead atoms. The van der Waals surface area contributed by atoms with Crippen molar-refractivity contribution < 1.29 is 0 Å². The summed E-state index contributed by atoms with van der Waals surface area (Å²) in [5, 5.41) is 7.50. The Bertz CT molecular complexity index is 673. The molecule has 1 saturated heterocycles. The molecule has 2 aromatic rings. The smallest absolute Gasteiger partial charge is 0.191 e. The van der Waals surface area contributed by atoms with Crippen molar-refractivity contribution in [2.75, 3.05) is 18.8 Å². The molecule has 1 unspecified atom stereocenters. The Hall–Kier alpha value is -1.69. The summed E-state index contributed by atoms with van der Waals surface area (Å²) in [5.41, 5.74) is 3.16. The highest BCUT2D eigenvalue weighted by Gasteiger charge is 2.15. The number of hydrogen-bond acceptors (Lipinski definition) is 3. The second kappa shape index (κ2) is 7.73. The number of fused-ring (bicyclic) bond motifs is 1. The summed E-state index contributed by atoms with van der Waals surface area (Å²) in [6.45, 7) is 6.63. The Morgan fingerprint density at radius 3 is 3.09 bits per heavy atom. The van der Waals surface area contributed by atoms with Gasteiger partial charge in [0.1, 0.15) is 5.65 Å². The third-order valence-corrected chi connectivity index (χ3v) is 5.41. The van der Waals surface area contributed by atoms with Crippen LogP contribution in [0.25, 0.3) is 5.65 Å². The number of nitrogens with zero attached hydrogens (tertiary/aromatic N) is 3. The quantitative estimate of drug-likeness (QED) is 0.653. The summed E-state index contributed by atoms with van der Waals surface area (Å²) in [6, 6.07) is 6.16. The van der Waals surface area contributed by atoms with Gasteiger partial charge >= 0.3 is 0 Å². The van der Waals surface area contributed by atoms with E-state index < -0.39 is 0 Å². The number of pyridine rings is 1. The number of rotatable bonds is 5. The van der Waals surface area contributed by atoms with E-state index in [9.17, 15) is 0 Å². The first kappa shape index (κ1) is 16.2. The third-order valence-electron chi connectivity index (χ3n) is 4.01. The molecule has 3 heterocycles. The topological polar surface area (TPSA) is 53.7 Å². The fourth-order valence-electron chi connectivity index (χ4n) is 2.79. The molecule has 1 aliphatic rings. The van der Waals surface area contributed by atoms with E-state index in [1.165, 1.54) is 24.3 Å². The molecule has 1 aliphatic heterocycles. The van der Waals surface area contributed by atoms with Crippen molar-refractivity contribution in [3.05, 3.63) is 35.8 Å². The predicted octanol–water partition coefficient (Wildman–Crippen LogP) is 2.59. The molecule has 6 heteroatoms. The van der Waals surface area contributed by atoms with Gasteiger partial charge in [-0.1, -0.05) is 6.07 Å². The molecule has 0 aliphatic carbocycles. The van der Waals surface area contributed by atoms with Gasteiger partial charge in [0.05, 0.1) is 12.2 Å². The number of hydrogen-bond donors (Lipinski definition) is 2. The van der Waals surface area contributed by atoms with Crippen molar-refractivity contribution in [2.45, 2.75) is 38.5 Å². The van der Waals surface area contributed by atoms with Crippen LogP contribution in [0.2, 0.25) is 0 Å². The van der Waals surface area contributed by atoms with Crippen molar-refractivity contribution in [1.82, 2.24) is 20.0 Å². The minimum Gasteiger partial charge on any atom is -0.357 e. The zero-order chi connectivity index (χ0) is 16.1. The van der Waals surface area contributed by atoms with Crippen LogP contribution in [0.3, 0.4) is 0 Å². The van der Waals surface area contributed by atoms with Gasteiger partial charge in [-0.25, -0.2) is 9.98 Å². The van der Waals surface area contributed by atoms with Crippen LogP contribution in [0.15, 0.2) is 29.4 Å². The number of nitrogens with one attached hydrogen (secondary N) is 2. The second-order valence-corrected chi connectivity index (χ2v) is 7.25. The van der Waals surface area contributed by atoms with Gasteiger partial charge in [-0.05, 0) is 44.6 Å². The number of aryl methyl sites for hydroxylation is 1. The van der Waals surface area contributed by atoms with E-state index >= 15 is 0 Å². The van der Waals surface area contributed by atoms with Crippen molar-refractivity contribution in [1.29, 1.82) is 0 Å². The van der Waals surface area contributed by atoms with Crippen molar-refractivity contribution in [3.8, 4) is 0 Å². The van der Waals surface area contributed by atoms with Gasteiger partial charge in [0.25, 0.3) is 0 Å². The normalized spacial score (nSPS) is 18.5. The molecule has 0 amide bonds. The molecule has 2 N–H and O–H groups in total. The van der Waals surface area contributed by atoms with Crippen LogP contribution < -0.4 is 10.6 Å². The first-order valence-corrected chi connectivity index (χ1v) is 9.38. The zero-order valence-electron chi connectivity index (χ0n) is 13.9. The molecule has 1 atom stereocenters. The van der Waals surface area contributed by atoms with E-state index in [1.807, 2.05) is 12.1 Å². The lowest BCUT2D eigenvalue weighted by molar-refractivity contribution is 0.726. The molecule has 3 rings (SSSR count). The summed E-state index contributed by atoms with van der Waals surface area (Å²) >= 11 is 2.06. The highest BCUT2D eigenvalue weighted by Crippen LogP contribution is 2.25. The molecule has 23 heavy (non-hydrogen) atoms. The Balaban J connectivity index is 1.64. The summed E-state index contributed by atoms with van der Waals surface area (Å²) in [4.78, 5) is 9.32. The van der Waals surface area contributed by atoms with Crippen molar-refractivity contribution in [2.24, 2.45) is 4.99 Å². The highest BCUT2D eigenvalue weighted by atomic mass is 32.2. The lowest BCUT2D eigenvalue weighted by Crippen LogP contribution is -2.40. The maximum Gasteiger partial charge on any atom is 0.191 e. The van der Waals surface area contributed by atoms with Gasteiger partial charge in [-0.2, -0.15) is 11.8 Å². The Kier molecular flexibility index (Phi) is 5.43. The number of thioether (sulfide) groups is 1. The van der Waals surface area contributed by atoms with Crippen molar-refractivity contribution >= 4 is 23.4 Å². The minimum absolute atomic E-state index is 0.592. The molecule has 0 aromatic carbocycles. The molecular formula is C17H25N5S. The van der Waals surface area contributed by atoms with Crippen molar-refractivity contribution in [3.63, 3.8) is 0 Å². The minimum atomic E-state index is 0.592. The Morgan fingerprint density at radius 1 is 1.43 bits per heavy atom. The van der Waals surface area contributed by atoms with E-state index in [0.717, 1.165) is 35.6 Å². The summed E-state index contributed by atoms with van der Waals surface area (Å²) in [7, 11) is 0. The second-order valence-electron chi connectivity index (χ2n) is 5.84. The molecule has 1 fully saturated rings. The van der Waals surface area contributed by atoms with E-state index in [4.69, 9.17) is 0 Å². The zero-order valence-corrected chi connectivity index (χ0v) is 14.7. The Morgan fingerprint density at radius 2 is 2.35 bits per heavy atom. The lowest BCUT2D eigenvalue weighted by Gasteiger charge is -2.14. The highest BCUT2D eigenvalue weighted by molar-refractivity contribution is 8.00. The first-order valence-electron chi connectivity index (χ1n) is 8.33. The monoisotopic (exact) mass is 331 g/mol.